The molecule has 0 amide bonds. The number of unbranched alkanes of at least 4 members (excludes halogenated alkanes) is 1. The van der Waals surface area contributed by atoms with Crippen molar-refractivity contribution in [3.63, 3.8) is 0 Å². The van der Waals surface area contributed by atoms with E-state index in [9.17, 15) is 8.42 Å². The molecule has 2 nitrogen and oxygen atoms in total. The van der Waals surface area contributed by atoms with E-state index in [1.54, 1.807) is 24.3 Å². The Morgan fingerprint density at radius 1 is 1.17 bits per heavy atom. The molecule has 0 radical (unpaired) electrons. The first kappa shape index (κ1) is 15.0. The van der Waals surface area contributed by atoms with Crippen molar-refractivity contribution in [3.8, 4) is 0 Å². The topological polar surface area (TPSA) is 34.1 Å². The second kappa shape index (κ2) is 7.37. The van der Waals surface area contributed by atoms with Gasteiger partial charge in [-0.15, -0.1) is 0 Å². The van der Waals surface area contributed by atoms with Crippen LogP contribution in [0, 0.1) is 5.92 Å². The zero-order valence-corrected chi connectivity index (χ0v) is 12.0. The molecule has 18 heavy (non-hydrogen) atoms. The Kier molecular flexibility index (Phi) is 6.13. The number of hydrogen-bond donors (Lipinski definition) is 0. The number of hydrogen-bond acceptors (Lipinski definition) is 2. The summed E-state index contributed by atoms with van der Waals surface area (Å²) in [6.45, 7) is 4.25. The summed E-state index contributed by atoms with van der Waals surface area (Å²) in [5.41, 5.74) is 0. The van der Waals surface area contributed by atoms with E-state index in [1.807, 2.05) is 12.1 Å². The van der Waals surface area contributed by atoms with Crippen LogP contribution in [0.15, 0.2) is 46.7 Å². The summed E-state index contributed by atoms with van der Waals surface area (Å²) in [5, 5.41) is 1.37. The Labute approximate surface area is 111 Å². The lowest BCUT2D eigenvalue weighted by molar-refractivity contribution is 0.540. The average molecular weight is 266 g/mol. The minimum atomic E-state index is -3.27. The van der Waals surface area contributed by atoms with E-state index in [-0.39, 0.29) is 0 Å². The van der Waals surface area contributed by atoms with Crippen LogP contribution in [0.5, 0.6) is 0 Å². The molecular weight excluding hydrogens is 244 g/mol. The van der Waals surface area contributed by atoms with Crippen LogP contribution >= 0.6 is 0 Å². The Bertz CT molecular complexity index is 461. The van der Waals surface area contributed by atoms with Crippen molar-refractivity contribution in [2.45, 2.75) is 44.4 Å². The minimum absolute atomic E-state index is 0.364. The lowest BCUT2D eigenvalue weighted by Gasteiger charge is -2.08. The number of sulfone groups is 1. The maximum absolute atomic E-state index is 12.0. The van der Waals surface area contributed by atoms with Crippen LogP contribution in [-0.2, 0) is 9.84 Å². The van der Waals surface area contributed by atoms with Crippen molar-refractivity contribution in [2.24, 2.45) is 5.92 Å². The Morgan fingerprint density at radius 2 is 1.83 bits per heavy atom. The summed E-state index contributed by atoms with van der Waals surface area (Å²) in [6.07, 6.45) is 6.19. The lowest BCUT2D eigenvalue weighted by atomic mass is 10.00. The van der Waals surface area contributed by atoms with Crippen LogP contribution in [0.25, 0.3) is 0 Å². The lowest BCUT2D eigenvalue weighted by Crippen LogP contribution is -1.99. The molecule has 0 spiro atoms. The predicted octanol–water partition coefficient (Wildman–Crippen LogP) is 4.19. The molecule has 0 aliphatic carbocycles. The van der Waals surface area contributed by atoms with Gasteiger partial charge in [-0.1, -0.05) is 51.0 Å². The molecule has 0 saturated carbocycles. The highest BCUT2D eigenvalue weighted by atomic mass is 32.2. The normalized spacial score (nSPS) is 13.9. The third-order valence-electron chi connectivity index (χ3n) is 3.05. The second-order valence-electron chi connectivity index (χ2n) is 4.50. The molecule has 0 aliphatic rings. The highest BCUT2D eigenvalue weighted by molar-refractivity contribution is 7.94. The van der Waals surface area contributed by atoms with Crippen molar-refractivity contribution < 1.29 is 8.42 Å². The van der Waals surface area contributed by atoms with Gasteiger partial charge in [0.05, 0.1) is 4.90 Å². The van der Waals surface area contributed by atoms with E-state index >= 15 is 0 Å². The molecule has 3 heteroatoms. The van der Waals surface area contributed by atoms with Gasteiger partial charge in [-0.05, 0) is 30.9 Å². The van der Waals surface area contributed by atoms with Crippen molar-refractivity contribution >= 4 is 9.84 Å². The number of allylic oxidation sites excluding steroid dienone is 1. The van der Waals surface area contributed by atoms with Gasteiger partial charge in [-0.25, -0.2) is 8.42 Å². The molecule has 0 saturated heterocycles. The number of rotatable bonds is 7. The maximum atomic E-state index is 12.0. The standard InChI is InChI=1S/C15H22O2S/c1-3-5-9-14(4-2)12-13-18(16,17)15-10-7-6-8-11-15/h6-8,10-14H,3-5,9H2,1-2H3/b13-12-. The molecule has 0 fully saturated rings. The SMILES string of the molecule is CCCCC(/C=C\S(=O)(=O)c1ccccc1)CC. The van der Waals surface area contributed by atoms with E-state index in [1.165, 1.54) is 5.41 Å². The highest BCUT2D eigenvalue weighted by Crippen LogP contribution is 2.17. The fourth-order valence-corrected chi connectivity index (χ4v) is 2.93. The minimum Gasteiger partial charge on any atom is -0.219 e. The summed E-state index contributed by atoms with van der Waals surface area (Å²) in [4.78, 5) is 0.367. The molecule has 1 unspecified atom stereocenters. The Morgan fingerprint density at radius 3 is 2.39 bits per heavy atom. The third-order valence-corrected chi connectivity index (χ3v) is 4.50. The van der Waals surface area contributed by atoms with Crippen molar-refractivity contribution in [1.82, 2.24) is 0 Å². The maximum Gasteiger partial charge on any atom is 0.199 e. The van der Waals surface area contributed by atoms with Crippen LogP contribution in [0.2, 0.25) is 0 Å². The molecule has 1 aromatic carbocycles. The average Bonchev–Trinajstić information content (AvgIpc) is 2.40. The van der Waals surface area contributed by atoms with Crippen molar-refractivity contribution in [1.29, 1.82) is 0 Å². The quantitative estimate of drug-likeness (QED) is 0.741. The van der Waals surface area contributed by atoms with Crippen molar-refractivity contribution in [2.75, 3.05) is 0 Å². The zero-order chi connectivity index (χ0) is 13.4. The van der Waals surface area contributed by atoms with Gasteiger partial charge >= 0.3 is 0 Å². The first-order valence-corrected chi connectivity index (χ1v) is 8.13. The molecular formula is C15H22O2S. The molecule has 0 aromatic heterocycles. The first-order valence-electron chi connectivity index (χ1n) is 6.58. The molecule has 1 rings (SSSR count). The van der Waals surface area contributed by atoms with E-state index in [2.05, 4.69) is 13.8 Å². The van der Waals surface area contributed by atoms with Crippen LogP contribution < -0.4 is 0 Å². The zero-order valence-electron chi connectivity index (χ0n) is 11.2. The molecule has 1 aromatic rings. The number of benzene rings is 1. The molecule has 0 aliphatic heterocycles. The van der Waals surface area contributed by atoms with E-state index in [0.717, 1.165) is 25.7 Å². The van der Waals surface area contributed by atoms with Gasteiger partial charge < -0.3 is 0 Å². The van der Waals surface area contributed by atoms with Gasteiger partial charge in [-0.3, -0.25) is 0 Å². The molecule has 1 atom stereocenters. The van der Waals surface area contributed by atoms with Gasteiger partial charge in [-0.2, -0.15) is 0 Å². The molecule has 100 valence electrons. The first-order chi connectivity index (χ1) is 8.60. The fraction of sp³-hybridized carbons (Fsp3) is 0.467. The van der Waals surface area contributed by atoms with E-state index < -0.39 is 9.84 Å². The Hall–Kier alpha value is -1.09. The van der Waals surface area contributed by atoms with Gasteiger partial charge in [0, 0.05) is 5.41 Å². The summed E-state index contributed by atoms with van der Waals surface area (Å²) in [5.74, 6) is 0.364. The van der Waals surface area contributed by atoms with Crippen LogP contribution in [0.4, 0.5) is 0 Å². The fourth-order valence-electron chi connectivity index (χ4n) is 1.81. The monoisotopic (exact) mass is 266 g/mol. The summed E-state index contributed by atoms with van der Waals surface area (Å²) < 4.78 is 24.1. The highest BCUT2D eigenvalue weighted by Gasteiger charge is 2.10. The molecule has 0 heterocycles. The predicted molar refractivity (Wildman–Crippen MR) is 76.1 cm³/mol. The van der Waals surface area contributed by atoms with Crippen molar-refractivity contribution in [3.05, 3.63) is 41.8 Å². The summed E-state index contributed by atoms with van der Waals surface area (Å²) in [6, 6.07) is 8.57. The van der Waals surface area contributed by atoms with Gasteiger partial charge in [0.2, 0.25) is 0 Å². The van der Waals surface area contributed by atoms with Gasteiger partial charge in [0.15, 0.2) is 9.84 Å². The molecule has 0 bridgehead atoms. The molecule has 0 N–H and O–H groups in total. The largest absolute Gasteiger partial charge is 0.219 e. The van der Waals surface area contributed by atoms with Gasteiger partial charge in [0.1, 0.15) is 0 Å². The second-order valence-corrected chi connectivity index (χ2v) is 6.33. The summed E-state index contributed by atoms with van der Waals surface area (Å²) >= 11 is 0. The van der Waals surface area contributed by atoms with Crippen LogP contribution in [-0.4, -0.2) is 8.42 Å². The Balaban J connectivity index is 2.76. The summed E-state index contributed by atoms with van der Waals surface area (Å²) in [7, 11) is -3.27. The van der Waals surface area contributed by atoms with Gasteiger partial charge in [0.25, 0.3) is 0 Å². The van der Waals surface area contributed by atoms with Crippen LogP contribution in [0.1, 0.15) is 39.5 Å². The smallest absolute Gasteiger partial charge is 0.199 e. The van der Waals surface area contributed by atoms with E-state index in [0.29, 0.717) is 10.8 Å². The van der Waals surface area contributed by atoms with Crippen LogP contribution in [0.3, 0.4) is 0 Å². The third kappa shape index (κ3) is 4.65. The van der Waals surface area contributed by atoms with E-state index in [4.69, 9.17) is 0 Å².